The highest BCUT2D eigenvalue weighted by Crippen LogP contribution is 2.35. The molecule has 0 aliphatic carbocycles. The molecular weight excluding hydrogens is 176 g/mol. The van der Waals surface area contributed by atoms with E-state index in [1.54, 1.807) is 0 Å². The number of rotatable bonds is 1. The van der Waals surface area contributed by atoms with E-state index in [1.165, 1.54) is 0 Å². The van der Waals surface area contributed by atoms with Crippen molar-refractivity contribution in [1.29, 1.82) is 0 Å². The summed E-state index contributed by atoms with van der Waals surface area (Å²) in [5.74, 6) is 0. The minimum atomic E-state index is -1.04. The van der Waals surface area contributed by atoms with Crippen LogP contribution in [0.5, 0.6) is 0 Å². The predicted molar refractivity (Wildman–Crippen MR) is 44.0 cm³/mol. The van der Waals surface area contributed by atoms with Crippen LogP contribution < -0.4 is 0 Å². The highest BCUT2D eigenvalue weighted by molar-refractivity contribution is 4.96. The van der Waals surface area contributed by atoms with Crippen molar-refractivity contribution in [2.24, 2.45) is 0 Å². The second-order valence-electron chi connectivity index (χ2n) is 2.81. The Morgan fingerprint density at radius 2 is 1.69 bits per heavy atom. The molecule has 2 fully saturated rings. The van der Waals surface area contributed by atoms with Gasteiger partial charge >= 0.3 is 0 Å². The molecule has 5 nitrogen and oxygen atoms in total. The molecule has 78 valence electrons. The van der Waals surface area contributed by atoms with E-state index in [4.69, 9.17) is 14.6 Å². The SMILES string of the molecule is CC.OCC1OC2OC2C(O)C1O. The molecule has 5 heteroatoms. The van der Waals surface area contributed by atoms with Gasteiger partial charge in [0.2, 0.25) is 0 Å². The second kappa shape index (κ2) is 4.34. The summed E-state index contributed by atoms with van der Waals surface area (Å²) in [5, 5.41) is 27.1. The Morgan fingerprint density at radius 1 is 1.08 bits per heavy atom. The number of fused-ring (bicyclic) bond motifs is 1. The van der Waals surface area contributed by atoms with Crippen molar-refractivity contribution in [1.82, 2.24) is 0 Å². The summed E-state index contributed by atoms with van der Waals surface area (Å²) in [6.07, 6.45) is -3.50. The molecule has 0 radical (unpaired) electrons. The largest absolute Gasteiger partial charge is 0.394 e. The summed E-state index contributed by atoms with van der Waals surface area (Å²) in [5.41, 5.74) is 0. The highest BCUT2D eigenvalue weighted by Gasteiger charge is 2.55. The zero-order chi connectivity index (χ0) is 10.0. The van der Waals surface area contributed by atoms with Gasteiger partial charge in [-0.15, -0.1) is 0 Å². The first-order valence-electron chi connectivity index (χ1n) is 4.52. The van der Waals surface area contributed by atoms with Crippen LogP contribution in [-0.2, 0) is 9.47 Å². The number of hydrogen-bond donors (Lipinski definition) is 3. The van der Waals surface area contributed by atoms with Crippen LogP contribution in [0.15, 0.2) is 0 Å². The van der Waals surface area contributed by atoms with Gasteiger partial charge in [0, 0.05) is 0 Å². The van der Waals surface area contributed by atoms with E-state index in [0.717, 1.165) is 0 Å². The quantitative estimate of drug-likeness (QED) is 0.457. The molecule has 5 unspecified atom stereocenters. The van der Waals surface area contributed by atoms with E-state index in [-0.39, 0.29) is 6.61 Å². The summed E-state index contributed by atoms with van der Waals surface area (Å²) < 4.78 is 9.86. The summed E-state index contributed by atoms with van der Waals surface area (Å²) in [6.45, 7) is 3.70. The van der Waals surface area contributed by atoms with Gasteiger partial charge < -0.3 is 24.8 Å². The van der Waals surface area contributed by atoms with Crippen LogP contribution in [0.4, 0.5) is 0 Å². The third-order valence-corrected chi connectivity index (χ3v) is 2.04. The van der Waals surface area contributed by atoms with Crippen LogP contribution in [0, 0.1) is 0 Å². The zero-order valence-electron chi connectivity index (χ0n) is 7.75. The lowest BCUT2D eigenvalue weighted by atomic mass is 10.0. The van der Waals surface area contributed by atoms with E-state index in [2.05, 4.69) is 0 Å². The lowest BCUT2D eigenvalue weighted by molar-refractivity contribution is -0.144. The van der Waals surface area contributed by atoms with E-state index in [0.29, 0.717) is 0 Å². The number of ether oxygens (including phenoxy) is 2. The molecule has 0 aromatic rings. The molecule has 0 aromatic carbocycles. The lowest BCUT2D eigenvalue weighted by Crippen LogP contribution is -2.48. The standard InChI is InChI=1S/C6H10O5.C2H6/c7-1-2-3(8)4(9)5-6(10-2)11-5;1-2/h2-9H,1H2;1-2H3. The van der Waals surface area contributed by atoms with Crippen LogP contribution >= 0.6 is 0 Å². The van der Waals surface area contributed by atoms with Crippen LogP contribution in [0.25, 0.3) is 0 Å². The first-order chi connectivity index (χ1) is 6.24. The van der Waals surface area contributed by atoms with E-state index >= 15 is 0 Å². The van der Waals surface area contributed by atoms with Crippen LogP contribution in [0.1, 0.15) is 13.8 Å². The molecule has 3 N–H and O–H groups in total. The monoisotopic (exact) mass is 192 g/mol. The van der Waals surface area contributed by atoms with Crippen molar-refractivity contribution < 1.29 is 24.8 Å². The summed E-state index contributed by atoms with van der Waals surface area (Å²) in [4.78, 5) is 0. The van der Waals surface area contributed by atoms with Crippen molar-refractivity contribution in [2.75, 3.05) is 6.61 Å². The molecule has 0 saturated carbocycles. The van der Waals surface area contributed by atoms with Gasteiger partial charge in [-0.2, -0.15) is 0 Å². The predicted octanol–water partition coefficient (Wildman–Crippen LogP) is -1.15. The Labute approximate surface area is 76.9 Å². The van der Waals surface area contributed by atoms with Gasteiger partial charge in [-0.25, -0.2) is 0 Å². The maximum Gasteiger partial charge on any atom is 0.187 e. The van der Waals surface area contributed by atoms with Gasteiger partial charge in [0.1, 0.15) is 24.4 Å². The van der Waals surface area contributed by atoms with E-state index in [1.807, 2.05) is 13.8 Å². The molecule has 2 aliphatic heterocycles. The first kappa shape index (κ1) is 10.9. The Balaban J connectivity index is 0.000000396. The third-order valence-electron chi connectivity index (χ3n) is 2.04. The topological polar surface area (TPSA) is 82.5 Å². The number of hydrogen-bond acceptors (Lipinski definition) is 5. The zero-order valence-corrected chi connectivity index (χ0v) is 7.75. The molecule has 2 aliphatic rings. The van der Waals surface area contributed by atoms with Crippen LogP contribution in [0.2, 0.25) is 0 Å². The summed E-state index contributed by atoms with van der Waals surface area (Å²) in [6, 6.07) is 0. The van der Waals surface area contributed by atoms with Crippen molar-refractivity contribution >= 4 is 0 Å². The van der Waals surface area contributed by atoms with Gasteiger partial charge in [-0.3, -0.25) is 0 Å². The fourth-order valence-electron chi connectivity index (χ4n) is 1.28. The van der Waals surface area contributed by atoms with Gasteiger partial charge in [0.25, 0.3) is 0 Å². The Morgan fingerprint density at radius 3 is 2.23 bits per heavy atom. The molecule has 0 bridgehead atoms. The highest BCUT2D eigenvalue weighted by atomic mass is 16.8. The minimum absolute atomic E-state index is 0.301. The van der Waals surface area contributed by atoms with Crippen molar-refractivity contribution in [3.63, 3.8) is 0 Å². The number of epoxide rings is 1. The van der Waals surface area contributed by atoms with Crippen LogP contribution in [-0.4, -0.2) is 52.6 Å². The fraction of sp³-hybridized carbons (Fsp3) is 1.00. The average Bonchev–Trinajstić information content (AvgIpc) is 2.94. The van der Waals surface area contributed by atoms with Gasteiger partial charge in [0.15, 0.2) is 6.29 Å². The van der Waals surface area contributed by atoms with Gasteiger partial charge in [-0.05, 0) is 0 Å². The van der Waals surface area contributed by atoms with Crippen LogP contribution in [0.3, 0.4) is 0 Å². The minimum Gasteiger partial charge on any atom is -0.394 e. The van der Waals surface area contributed by atoms with Crippen molar-refractivity contribution in [3.05, 3.63) is 0 Å². The van der Waals surface area contributed by atoms with Crippen molar-refractivity contribution in [3.8, 4) is 0 Å². The molecule has 0 spiro atoms. The Bertz CT molecular complexity index is 163. The van der Waals surface area contributed by atoms with E-state index in [9.17, 15) is 10.2 Å². The molecule has 2 heterocycles. The normalized spacial score (nSPS) is 47.3. The second-order valence-corrected chi connectivity index (χ2v) is 2.81. The van der Waals surface area contributed by atoms with Crippen molar-refractivity contribution in [2.45, 2.75) is 44.6 Å². The number of aliphatic hydroxyl groups is 3. The molecule has 5 atom stereocenters. The van der Waals surface area contributed by atoms with Gasteiger partial charge in [-0.1, -0.05) is 13.8 Å². The Kier molecular flexibility index (Phi) is 3.63. The summed E-state index contributed by atoms with van der Waals surface area (Å²) >= 11 is 0. The maximum atomic E-state index is 9.22. The molecule has 0 amide bonds. The molecule has 2 saturated heterocycles. The lowest BCUT2D eigenvalue weighted by Gasteiger charge is -2.27. The van der Waals surface area contributed by atoms with Gasteiger partial charge in [0.05, 0.1) is 6.61 Å². The molecule has 13 heavy (non-hydrogen) atoms. The number of aliphatic hydroxyl groups excluding tert-OH is 3. The molecule has 0 aromatic heterocycles. The first-order valence-corrected chi connectivity index (χ1v) is 4.52. The van der Waals surface area contributed by atoms with E-state index < -0.39 is 30.7 Å². The fourth-order valence-corrected chi connectivity index (χ4v) is 1.28. The smallest absolute Gasteiger partial charge is 0.187 e. The maximum absolute atomic E-state index is 9.22. The summed E-state index contributed by atoms with van der Waals surface area (Å²) in [7, 11) is 0. The molecule has 2 rings (SSSR count). The Hall–Kier alpha value is -0.200. The molecular formula is C8H16O5. The third kappa shape index (κ3) is 2.00. The average molecular weight is 192 g/mol.